The zero-order valence-corrected chi connectivity index (χ0v) is 16.6. The molecule has 0 unspecified atom stereocenters. The van der Waals surface area contributed by atoms with Gasteiger partial charge in [-0.3, -0.25) is 0 Å². The number of halogens is 1. The van der Waals surface area contributed by atoms with Crippen molar-refractivity contribution in [2.75, 3.05) is 0 Å². The average Bonchev–Trinajstić information content (AvgIpc) is 2.58. The summed E-state index contributed by atoms with van der Waals surface area (Å²) in [6.45, 7) is 6.05. The molecule has 0 amide bonds. The molecule has 25 heavy (non-hydrogen) atoms. The SMILES string of the molecule is CC(C)(C)Oc1ccc(Cl)cc1.S.c1ccc(-c2ccccc2)cc1. The van der Waals surface area contributed by atoms with Crippen LogP contribution in [0.2, 0.25) is 5.02 Å². The van der Waals surface area contributed by atoms with Gasteiger partial charge < -0.3 is 4.74 Å². The summed E-state index contributed by atoms with van der Waals surface area (Å²) in [6, 6.07) is 28.2. The number of benzene rings is 3. The molecule has 0 N–H and O–H groups in total. The summed E-state index contributed by atoms with van der Waals surface area (Å²) in [7, 11) is 0. The van der Waals surface area contributed by atoms with Crippen molar-refractivity contribution in [3.8, 4) is 16.9 Å². The normalized spacial score (nSPS) is 10.1. The van der Waals surface area contributed by atoms with Gasteiger partial charge in [0.05, 0.1) is 0 Å². The maximum absolute atomic E-state index is 5.73. The Morgan fingerprint density at radius 2 is 1.04 bits per heavy atom. The third kappa shape index (κ3) is 8.15. The van der Waals surface area contributed by atoms with Crippen molar-refractivity contribution in [1.82, 2.24) is 0 Å². The smallest absolute Gasteiger partial charge is 0.120 e. The Hall–Kier alpha value is -1.90. The molecule has 0 saturated heterocycles. The van der Waals surface area contributed by atoms with E-state index in [1.54, 1.807) is 0 Å². The minimum atomic E-state index is -0.145. The van der Waals surface area contributed by atoms with Gasteiger partial charge in [-0.05, 0) is 56.2 Å². The van der Waals surface area contributed by atoms with Crippen LogP contribution in [0, 0.1) is 0 Å². The van der Waals surface area contributed by atoms with Gasteiger partial charge in [0.1, 0.15) is 11.4 Å². The van der Waals surface area contributed by atoms with Crippen LogP contribution in [0.5, 0.6) is 5.75 Å². The van der Waals surface area contributed by atoms with Crippen LogP contribution in [-0.4, -0.2) is 5.60 Å². The fourth-order valence-electron chi connectivity index (χ4n) is 2.12. The molecule has 0 spiro atoms. The lowest BCUT2D eigenvalue weighted by Crippen LogP contribution is -2.22. The van der Waals surface area contributed by atoms with Gasteiger partial charge in [-0.2, -0.15) is 13.5 Å². The Labute approximate surface area is 163 Å². The zero-order valence-electron chi connectivity index (χ0n) is 14.9. The van der Waals surface area contributed by atoms with Crippen LogP contribution in [0.25, 0.3) is 11.1 Å². The lowest BCUT2D eigenvalue weighted by atomic mass is 10.1. The highest BCUT2D eigenvalue weighted by Gasteiger charge is 2.10. The summed E-state index contributed by atoms with van der Waals surface area (Å²) in [5.74, 6) is 0.854. The van der Waals surface area contributed by atoms with E-state index >= 15 is 0 Å². The van der Waals surface area contributed by atoms with Gasteiger partial charge in [-0.25, -0.2) is 0 Å². The Balaban J connectivity index is 0.000000240. The van der Waals surface area contributed by atoms with Gasteiger partial charge in [0.2, 0.25) is 0 Å². The molecule has 0 fully saturated rings. The van der Waals surface area contributed by atoms with Crippen molar-refractivity contribution in [1.29, 1.82) is 0 Å². The number of hydrogen-bond acceptors (Lipinski definition) is 1. The molecule has 0 heterocycles. The maximum atomic E-state index is 5.73. The van der Waals surface area contributed by atoms with E-state index in [9.17, 15) is 0 Å². The molecule has 3 aromatic carbocycles. The molecule has 0 atom stereocenters. The number of ether oxygens (including phenoxy) is 1. The van der Waals surface area contributed by atoms with Crippen molar-refractivity contribution in [3.63, 3.8) is 0 Å². The summed E-state index contributed by atoms with van der Waals surface area (Å²) >= 11 is 5.73. The maximum Gasteiger partial charge on any atom is 0.120 e. The minimum absolute atomic E-state index is 0. The Bertz CT molecular complexity index is 682. The van der Waals surface area contributed by atoms with Crippen LogP contribution in [0.4, 0.5) is 0 Å². The molecule has 132 valence electrons. The molecule has 0 aliphatic carbocycles. The monoisotopic (exact) mass is 372 g/mol. The predicted molar refractivity (Wildman–Crippen MR) is 114 cm³/mol. The minimum Gasteiger partial charge on any atom is -0.488 e. The van der Waals surface area contributed by atoms with E-state index in [0.29, 0.717) is 0 Å². The topological polar surface area (TPSA) is 9.23 Å². The second-order valence-corrected chi connectivity index (χ2v) is 6.84. The molecule has 0 aromatic heterocycles. The Morgan fingerprint density at radius 1 is 0.640 bits per heavy atom. The fourth-order valence-corrected chi connectivity index (χ4v) is 2.24. The Morgan fingerprint density at radius 3 is 1.40 bits per heavy atom. The van der Waals surface area contributed by atoms with Crippen LogP contribution in [0.1, 0.15) is 20.8 Å². The molecule has 3 aromatic rings. The highest BCUT2D eigenvalue weighted by Crippen LogP contribution is 2.20. The van der Waals surface area contributed by atoms with Crippen LogP contribution in [0.15, 0.2) is 84.9 Å². The second kappa shape index (κ2) is 10.2. The van der Waals surface area contributed by atoms with Crippen molar-refractivity contribution in [3.05, 3.63) is 90.0 Å². The van der Waals surface area contributed by atoms with Gasteiger partial charge in [0, 0.05) is 5.02 Å². The van der Waals surface area contributed by atoms with E-state index in [2.05, 4.69) is 48.5 Å². The van der Waals surface area contributed by atoms with Crippen LogP contribution < -0.4 is 4.74 Å². The molecule has 3 heteroatoms. The highest BCUT2D eigenvalue weighted by atomic mass is 35.5. The van der Waals surface area contributed by atoms with Gasteiger partial charge in [0.25, 0.3) is 0 Å². The van der Waals surface area contributed by atoms with Gasteiger partial charge >= 0.3 is 0 Å². The van der Waals surface area contributed by atoms with Gasteiger partial charge in [-0.15, -0.1) is 0 Å². The molecule has 1 nitrogen and oxygen atoms in total. The molecule has 0 bridgehead atoms. The summed E-state index contributed by atoms with van der Waals surface area (Å²) in [6.07, 6.45) is 0. The zero-order chi connectivity index (χ0) is 17.4. The first-order valence-corrected chi connectivity index (χ1v) is 8.37. The predicted octanol–water partition coefficient (Wildman–Crippen LogP) is 6.98. The Kier molecular flexibility index (Phi) is 8.60. The van der Waals surface area contributed by atoms with Crippen LogP contribution >= 0.6 is 25.1 Å². The van der Waals surface area contributed by atoms with Gasteiger partial charge in [0.15, 0.2) is 0 Å². The third-order valence-corrected chi connectivity index (χ3v) is 3.37. The first-order chi connectivity index (χ1) is 11.4. The standard InChI is InChI=1S/C12H10.C10H13ClO.H2S/c1-3-7-11(8-4-1)12-9-5-2-6-10-12;1-10(2,3)12-9-6-4-8(11)5-7-9;/h1-10H;4-7H,1-3H3;1H2. The van der Waals surface area contributed by atoms with E-state index < -0.39 is 0 Å². The molecular formula is C22H25ClOS. The first-order valence-electron chi connectivity index (χ1n) is 7.99. The molecule has 0 aliphatic rings. The van der Waals surface area contributed by atoms with Crippen molar-refractivity contribution < 1.29 is 4.74 Å². The first kappa shape index (κ1) is 21.1. The average molecular weight is 373 g/mol. The lowest BCUT2D eigenvalue weighted by molar-refractivity contribution is 0.131. The number of hydrogen-bond donors (Lipinski definition) is 0. The molecule has 0 aliphatic heterocycles. The molecular weight excluding hydrogens is 348 g/mol. The van der Waals surface area contributed by atoms with Crippen molar-refractivity contribution in [2.24, 2.45) is 0 Å². The van der Waals surface area contributed by atoms with E-state index in [1.165, 1.54) is 11.1 Å². The summed E-state index contributed by atoms with van der Waals surface area (Å²) in [5.41, 5.74) is 2.41. The molecule has 0 radical (unpaired) electrons. The fraction of sp³-hybridized carbons (Fsp3) is 0.182. The van der Waals surface area contributed by atoms with E-state index in [-0.39, 0.29) is 19.1 Å². The summed E-state index contributed by atoms with van der Waals surface area (Å²) in [4.78, 5) is 0. The highest BCUT2D eigenvalue weighted by molar-refractivity contribution is 7.59. The van der Waals surface area contributed by atoms with Crippen LogP contribution in [-0.2, 0) is 0 Å². The second-order valence-electron chi connectivity index (χ2n) is 6.40. The summed E-state index contributed by atoms with van der Waals surface area (Å²) < 4.78 is 5.60. The summed E-state index contributed by atoms with van der Waals surface area (Å²) in [5, 5.41) is 0.733. The van der Waals surface area contributed by atoms with E-state index in [0.717, 1.165) is 10.8 Å². The number of rotatable bonds is 2. The molecule has 0 saturated carbocycles. The van der Waals surface area contributed by atoms with Crippen molar-refractivity contribution >= 4 is 25.1 Å². The molecule has 3 rings (SSSR count). The van der Waals surface area contributed by atoms with Gasteiger partial charge in [-0.1, -0.05) is 72.3 Å². The third-order valence-electron chi connectivity index (χ3n) is 3.12. The van der Waals surface area contributed by atoms with Crippen LogP contribution in [0.3, 0.4) is 0 Å². The lowest BCUT2D eigenvalue weighted by Gasteiger charge is -2.21. The largest absolute Gasteiger partial charge is 0.488 e. The quantitative estimate of drug-likeness (QED) is 0.471. The van der Waals surface area contributed by atoms with E-state index in [4.69, 9.17) is 16.3 Å². The van der Waals surface area contributed by atoms with E-state index in [1.807, 2.05) is 57.2 Å². The van der Waals surface area contributed by atoms with Crippen molar-refractivity contribution in [2.45, 2.75) is 26.4 Å².